The third-order valence-electron chi connectivity index (χ3n) is 8.84. The summed E-state index contributed by atoms with van der Waals surface area (Å²) in [7, 11) is 0. The van der Waals surface area contributed by atoms with Gasteiger partial charge in [-0.15, -0.1) is 6.58 Å². The molecule has 1 aliphatic carbocycles. The van der Waals surface area contributed by atoms with Gasteiger partial charge in [0.1, 0.15) is 11.4 Å². The van der Waals surface area contributed by atoms with Gasteiger partial charge in [-0.05, 0) is 72.8 Å². The fourth-order valence-electron chi connectivity index (χ4n) is 6.66. The maximum Gasteiger partial charge on any atom is 0.416 e. The van der Waals surface area contributed by atoms with E-state index in [1.54, 1.807) is 6.20 Å². The average Bonchev–Trinajstić information content (AvgIpc) is 2.99. The number of hydrogen-bond acceptors (Lipinski definition) is 6. The van der Waals surface area contributed by atoms with Crippen LogP contribution in [0.5, 0.6) is 0 Å². The van der Waals surface area contributed by atoms with Gasteiger partial charge in [-0.25, -0.2) is 0 Å². The summed E-state index contributed by atoms with van der Waals surface area (Å²) in [5.41, 5.74) is -4.32. The first-order valence-electron chi connectivity index (χ1n) is 13.9. The molecule has 6 nitrogen and oxygen atoms in total. The smallest absolute Gasteiger partial charge is 0.381 e. The molecule has 0 saturated carbocycles. The van der Waals surface area contributed by atoms with E-state index >= 15 is 0 Å². The van der Waals surface area contributed by atoms with Crippen molar-refractivity contribution in [2.45, 2.75) is 43.3 Å². The van der Waals surface area contributed by atoms with Crippen LogP contribution in [0, 0.1) is 11.8 Å². The van der Waals surface area contributed by atoms with Crippen LogP contribution >= 0.6 is 0 Å². The van der Waals surface area contributed by atoms with Crippen molar-refractivity contribution in [3.05, 3.63) is 110 Å². The van der Waals surface area contributed by atoms with Crippen molar-refractivity contribution in [2.24, 2.45) is 11.8 Å². The number of anilines is 3. The lowest BCUT2D eigenvalue weighted by atomic mass is 9.72. The lowest BCUT2D eigenvalue weighted by molar-refractivity contribution is -0.143. The van der Waals surface area contributed by atoms with Crippen LogP contribution in [0.25, 0.3) is 0 Å². The first-order chi connectivity index (χ1) is 20.3. The minimum atomic E-state index is -5.07. The van der Waals surface area contributed by atoms with Crippen LogP contribution in [0.1, 0.15) is 24.0 Å². The molecule has 43 heavy (non-hydrogen) atoms. The summed E-state index contributed by atoms with van der Waals surface area (Å²) in [5, 5.41) is 8.90. The van der Waals surface area contributed by atoms with Gasteiger partial charge in [0.2, 0.25) is 0 Å². The summed E-state index contributed by atoms with van der Waals surface area (Å²) < 4.78 is 80.7. The third kappa shape index (κ3) is 5.32. The molecule has 4 aliphatic heterocycles. The van der Waals surface area contributed by atoms with E-state index in [4.69, 9.17) is 0 Å². The first kappa shape index (κ1) is 29.0. The maximum absolute atomic E-state index is 13.5. The van der Waals surface area contributed by atoms with Gasteiger partial charge in [0.15, 0.2) is 0 Å². The van der Waals surface area contributed by atoms with E-state index in [-0.39, 0.29) is 29.5 Å². The Morgan fingerprint density at radius 1 is 0.977 bits per heavy atom. The van der Waals surface area contributed by atoms with Gasteiger partial charge in [0.05, 0.1) is 23.2 Å². The molecule has 0 amide bonds. The first-order valence-corrected chi connectivity index (χ1v) is 13.9. The number of rotatable bonds is 7. The van der Waals surface area contributed by atoms with E-state index in [9.17, 15) is 35.9 Å². The quantitative estimate of drug-likeness (QED) is 0.216. The monoisotopic (exact) mass is 602 g/mol. The number of dihydropyridines is 1. The predicted octanol–water partition coefficient (Wildman–Crippen LogP) is 5.65. The second kappa shape index (κ2) is 10.6. The summed E-state index contributed by atoms with van der Waals surface area (Å²) >= 11 is 0. The normalized spacial score (nSPS) is 27.2. The highest BCUT2D eigenvalue weighted by Crippen LogP contribution is 2.42. The molecule has 12 heteroatoms. The number of alkyl halides is 6. The Morgan fingerprint density at radius 3 is 2.30 bits per heavy atom. The summed E-state index contributed by atoms with van der Waals surface area (Å²) in [6.07, 6.45) is 5.00. The summed E-state index contributed by atoms with van der Waals surface area (Å²) in [5.74, 6) is 0.672. The number of benzene rings is 1. The largest absolute Gasteiger partial charge is 0.416 e. The number of piperidine rings is 3. The van der Waals surface area contributed by atoms with Gasteiger partial charge in [0, 0.05) is 18.3 Å². The molecule has 5 aliphatic rings. The SMILES string of the molecule is C=CC1CN2CC[C@@H]1CC2[C@@H](Nc1c(Nc2cc(C(F)(F)F)cc(C(F)(F)F)c2)c(=O)c1=O)C1=C2C=CC=C[C@H]2NC=C1. The highest BCUT2D eigenvalue weighted by molar-refractivity contribution is 5.80. The van der Waals surface area contributed by atoms with Crippen LogP contribution in [-0.4, -0.2) is 36.1 Å². The molecular formula is C31H28F6N4O2. The lowest BCUT2D eigenvalue weighted by Crippen LogP contribution is -2.59. The second-order valence-electron chi connectivity index (χ2n) is 11.3. The molecule has 7 rings (SSSR count). The summed E-state index contributed by atoms with van der Waals surface area (Å²) in [4.78, 5) is 27.9. The average molecular weight is 603 g/mol. The van der Waals surface area contributed by atoms with Crippen LogP contribution < -0.4 is 26.8 Å². The third-order valence-corrected chi connectivity index (χ3v) is 8.84. The Balaban J connectivity index is 1.39. The fraction of sp³-hybridized carbons (Fsp3) is 0.355. The van der Waals surface area contributed by atoms with E-state index in [0.717, 1.165) is 37.1 Å². The van der Waals surface area contributed by atoms with E-state index in [1.165, 1.54) is 0 Å². The Morgan fingerprint density at radius 2 is 1.67 bits per heavy atom. The maximum atomic E-state index is 13.5. The van der Waals surface area contributed by atoms with Gasteiger partial charge >= 0.3 is 12.4 Å². The molecular weight excluding hydrogens is 574 g/mol. The zero-order valence-corrected chi connectivity index (χ0v) is 22.7. The Labute approximate surface area is 242 Å². The van der Waals surface area contributed by atoms with E-state index in [2.05, 4.69) is 27.4 Å². The molecule has 226 valence electrons. The van der Waals surface area contributed by atoms with Gasteiger partial charge in [-0.1, -0.05) is 30.4 Å². The summed E-state index contributed by atoms with van der Waals surface area (Å²) in [6, 6.07) is 0.254. The molecule has 0 spiro atoms. The molecule has 2 aromatic carbocycles. The summed E-state index contributed by atoms with van der Waals surface area (Å²) in [6.45, 7) is 5.56. The molecule has 3 saturated heterocycles. The fourth-order valence-corrected chi connectivity index (χ4v) is 6.66. The second-order valence-corrected chi connectivity index (χ2v) is 11.3. The zero-order valence-electron chi connectivity index (χ0n) is 22.7. The predicted molar refractivity (Wildman–Crippen MR) is 152 cm³/mol. The molecule has 2 bridgehead atoms. The molecule has 0 aromatic heterocycles. The number of nitrogens with one attached hydrogen (secondary N) is 3. The van der Waals surface area contributed by atoms with E-state index in [0.29, 0.717) is 24.0 Å². The van der Waals surface area contributed by atoms with Crippen molar-refractivity contribution in [1.82, 2.24) is 10.2 Å². The number of halogens is 6. The Hall–Kier alpha value is -4.06. The molecule has 3 unspecified atom stereocenters. The van der Waals surface area contributed by atoms with Gasteiger partial charge < -0.3 is 16.0 Å². The van der Waals surface area contributed by atoms with Crippen molar-refractivity contribution >= 4 is 17.1 Å². The molecule has 3 fully saturated rings. The van der Waals surface area contributed by atoms with Gasteiger partial charge in [0.25, 0.3) is 10.9 Å². The van der Waals surface area contributed by atoms with Crippen LogP contribution in [0.15, 0.2) is 88.2 Å². The lowest BCUT2D eigenvalue weighted by Gasteiger charge is -2.52. The van der Waals surface area contributed by atoms with E-state index < -0.39 is 46.1 Å². The zero-order chi connectivity index (χ0) is 30.7. The van der Waals surface area contributed by atoms with Crippen LogP contribution in [0.3, 0.4) is 0 Å². The molecule has 4 heterocycles. The Kier molecular flexibility index (Phi) is 7.15. The van der Waals surface area contributed by atoms with Crippen molar-refractivity contribution in [2.75, 3.05) is 23.7 Å². The number of hydrogen-bond donors (Lipinski definition) is 3. The molecule has 2 aromatic rings. The van der Waals surface area contributed by atoms with Crippen LogP contribution in [-0.2, 0) is 12.4 Å². The molecule has 6 atom stereocenters. The minimum absolute atomic E-state index is 0.00540. The minimum Gasteiger partial charge on any atom is -0.381 e. The molecule has 0 radical (unpaired) electrons. The van der Waals surface area contributed by atoms with Crippen molar-refractivity contribution < 1.29 is 26.3 Å². The van der Waals surface area contributed by atoms with Gasteiger partial charge in [-0.2, -0.15) is 26.3 Å². The van der Waals surface area contributed by atoms with Crippen molar-refractivity contribution in [1.29, 1.82) is 0 Å². The number of fused-ring (bicyclic) bond motifs is 4. The number of nitrogens with zero attached hydrogens (tertiary/aromatic N) is 1. The molecule has 3 N–H and O–H groups in total. The highest BCUT2D eigenvalue weighted by atomic mass is 19.4. The Bertz CT molecular complexity index is 1610. The van der Waals surface area contributed by atoms with Crippen LogP contribution in [0.4, 0.5) is 43.4 Å². The number of allylic oxidation sites excluding steroid dienone is 2. The van der Waals surface area contributed by atoms with Crippen molar-refractivity contribution in [3.63, 3.8) is 0 Å². The van der Waals surface area contributed by atoms with E-state index in [1.807, 2.05) is 36.5 Å². The highest BCUT2D eigenvalue weighted by Gasteiger charge is 2.44. The standard InChI is InChI=1S/C31H28F6N4O2/c1-2-16-15-41-10-8-17(16)11-24(41)25(22-7-9-38-23-6-4-3-5-21(22)23)40-27-26(28(42)29(27)43)39-20-13-18(30(32,33)34)12-19(14-20)31(35,36)37/h2-7,9,12-14,16-17,23-25,38-40H,1,8,10-11,15H2/t16?,17-,23-,24?,25+/m1/s1. The topological polar surface area (TPSA) is 73.5 Å². The van der Waals surface area contributed by atoms with Gasteiger partial charge in [-0.3, -0.25) is 14.5 Å². The van der Waals surface area contributed by atoms with Crippen LogP contribution in [0.2, 0.25) is 0 Å². The van der Waals surface area contributed by atoms with Crippen molar-refractivity contribution in [3.8, 4) is 0 Å².